The number of hydrogen-bond donors (Lipinski definition) is 1. The Hall–Kier alpha value is -1.00. The molecule has 0 amide bonds. The van der Waals surface area contributed by atoms with E-state index in [1.807, 2.05) is 0 Å². The normalized spacial score (nSPS) is 27.4. The Morgan fingerprint density at radius 2 is 1.97 bits per heavy atom. The van der Waals surface area contributed by atoms with E-state index in [4.69, 9.17) is 0 Å². The maximum Gasteiger partial charge on any atom is 0.214 e. The van der Waals surface area contributed by atoms with Gasteiger partial charge >= 0.3 is 0 Å². The van der Waals surface area contributed by atoms with Crippen molar-refractivity contribution < 1.29 is 16.8 Å². The van der Waals surface area contributed by atoms with Crippen LogP contribution in [-0.2, 0) is 32.9 Å². The van der Waals surface area contributed by atoms with E-state index in [1.54, 1.807) is 4.31 Å². The second-order valence-corrected chi connectivity index (χ2v) is 13.2. The molecule has 3 atom stereocenters. The van der Waals surface area contributed by atoms with Gasteiger partial charge < -0.3 is 0 Å². The van der Waals surface area contributed by atoms with Gasteiger partial charge in [-0.1, -0.05) is 25.1 Å². The Morgan fingerprint density at radius 1 is 1.16 bits per heavy atom. The smallest absolute Gasteiger partial charge is 0.214 e. The van der Waals surface area contributed by atoms with Gasteiger partial charge in [0, 0.05) is 38.3 Å². The van der Waals surface area contributed by atoms with Crippen LogP contribution in [0.25, 0.3) is 0 Å². The Morgan fingerprint density at radius 3 is 2.71 bits per heavy atom. The van der Waals surface area contributed by atoms with Gasteiger partial charge in [0.15, 0.2) is 0 Å². The van der Waals surface area contributed by atoms with E-state index in [-0.39, 0.29) is 18.3 Å². The highest BCUT2D eigenvalue weighted by Crippen LogP contribution is 2.43. The second-order valence-electron chi connectivity index (χ2n) is 9.30. The van der Waals surface area contributed by atoms with Crippen molar-refractivity contribution in [3.8, 4) is 0 Å². The highest BCUT2D eigenvalue weighted by atomic mass is 32.2. The van der Waals surface area contributed by atoms with Crippen molar-refractivity contribution in [3.63, 3.8) is 0 Å². The molecule has 1 aromatic carbocycles. The molecule has 3 aliphatic heterocycles. The summed E-state index contributed by atoms with van der Waals surface area (Å²) in [6, 6.07) is 7.16. The SMILES string of the molecule is CCc1ccc2c(c1)CCN1C[C@@H]3CCCN(S(=O)(=O)CCCNS(C)(=O)=O)[C@@H]3C[C@@H]21. The van der Waals surface area contributed by atoms with Crippen molar-refractivity contribution in [2.45, 2.75) is 57.5 Å². The van der Waals surface area contributed by atoms with Crippen LogP contribution in [0.1, 0.15) is 55.3 Å². The van der Waals surface area contributed by atoms with Gasteiger partial charge in [0.25, 0.3) is 0 Å². The lowest BCUT2D eigenvalue weighted by Gasteiger charge is -2.51. The molecule has 31 heavy (non-hydrogen) atoms. The van der Waals surface area contributed by atoms with E-state index in [9.17, 15) is 16.8 Å². The summed E-state index contributed by atoms with van der Waals surface area (Å²) in [5, 5.41) is 0. The van der Waals surface area contributed by atoms with Gasteiger partial charge in [0.05, 0.1) is 12.0 Å². The van der Waals surface area contributed by atoms with Crippen molar-refractivity contribution in [1.29, 1.82) is 0 Å². The summed E-state index contributed by atoms with van der Waals surface area (Å²) in [6.07, 6.45) is 6.33. The van der Waals surface area contributed by atoms with Crippen LogP contribution in [0.2, 0.25) is 0 Å². The minimum Gasteiger partial charge on any atom is -0.296 e. The van der Waals surface area contributed by atoms with Crippen LogP contribution in [0.3, 0.4) is 0 Å². The Kier molecular flexibility index (Phi) is 6.80. The molecule has 0 aromatic heterocycles. The summed E-state index contributed by atoms with van der Waals surface area (Å²) in [6.45, 7) is 4.93. The third-order valence-corrected chi connectivity index (χ3v) is 9.89. The molecule has 0 bridgehead atoms. The first-order chi connectivity index (χ1) is 14.7. The molecule has 1 aromatic rings. The molecule has 0 radical (unpaired) electrons. The van der Waals surface area contributed by atoms with Crippen molar-refractivity contribution in [3.05, 3.63) is 34.9 Å². The molecule has 0 spiro atoms. The fourth-order valence-electron chi connectivity index (χ4n) is 5.66. The zero-order valence-corrected chi connectivity index (χ0v) is 20.2. The largest absolute Gasteiger partial charge is 0.296 e. The van der Waals surface area contributed by atoms with Crippen LogP contribution >= 0.6 is 0 Å². The summed E-state index contributed by atoms with van der Waals surface area (Å²) < 4.78 is 53.0. The molecule has 3 heterocycles. The number of piperidine rings is 2. The Bertz CT molecular complexity index is 1010. The van der Waals surface area contributed by atoms with Crippen LogP contribution in [0, 0.1) is 5.92 Å². The van der Waals surface area contributed by atoms with Gasteiger partial charge in [-0.25, -0.2) is 21.6 Å². The fraction of sp³-hybridized carbons (Fsp3) is 0.727. The monoisotopic (exact) mass is 469 g/mol. The minimum atomic E-state index is -3.42. The lowest BCUT2D eigenvalue weighted by atomic mass is 9.77. The molecule has 4 rings (SSSR count). The number of rotatable bonds is 7. The molecule has 0 unspecified atom stereocenters. The first kappa shape index (κ1) is 23.2. The topological polar surface area (TPSA) is 86.8 Å². The molecule has 1 N–H and O–H groups in total. The minimum absolute atomic E-state index is 0.0103. The highest BCUT2D eigenvalue weighted by molar-refractivity contribution is 7.89. The zero-order valence-electron chi connectivity index (χ0n) is 18.6. The van der Waals surface area contributed by atoms with Crippen LogP contribution in [-0.4, -0.2) is 70.3 Å². The maximum atomic E-state index is 13.2. The molecule has 2 saturated heterocycles. The Balaban J connectivity index is 1.50. The van der Waals surface area contributed by atoms with Crippen LogP contribution in [0.4, 0.5) is 0 Å². The third-order valence-electron chi connectivity index (χ3n) is 7.19. The highest BCUT2D eigenvalue weighted by Gasteiger charge is 2.45. The quantitative estimate of drug-likeness (QED) is 0.617. The maximum absolute atomic E-state index is 13.2. The number of sulfonamides is 2. The summed E-state index contributed by atoms with van der Waals surface area (Å²) >= 11 is 0. The molecule has 0 aliphatic carbocycles. The van der Waals surface area contributed by atoms with Crippen molar-refractivity contribution in [2.75, 3.05) is 38.2 Å². The average Bonchev–Trinajstić information content (AvgIpc) is 2.73. The summed E-state index contributed by atoms with van der Waals surface area (Å²) in [7, 11) is -6.71. The molecular weight excluding hydrogens is 434 g/mol. The molecule has 3 aliphatic rings. The molecule has 0 saturated carbocycles. The zero-order chi connectivity index (χ0) is 22.2. The van der Waals surface area contributed by atoms with Crippen LogP contribution < -0.4 is 4.72 Å². The number of aryl methyl sites for hydroxylation is 1. The van der Waals surface area contributed by atoms with Gasteiger partial charge in [-0.15, -0.1) is 0 Å². The van der Waals surface area contributed by atoms with E-state index in [2.05, 4.69) is 34.7 Å². The molecule has 7 nitrogen and oxygen atoms in total. The molecule has 2 fully saturated rings. The summed E-state index contributed by atoms with van der Waals surface area (Å²) in [5.41, 5.74) is 4.17. The first-order valence-electron chi connectivity index (χ1n) is 11.5. The van der Waals surface area contributed by atoms with E-state index in [0.717, 1.165) is 51.4 Å². The predicted octanol–water partition coefficient (Wildman–Crippen LogP) is 1.90. The molecular formula is C22H35N3O4S2. The van der Waals surface area contributed by atoms with Crippen molar-refractivity contribution >= 4 is 20.0 Å². The Labute approximate surface area is 187 Å². The first-order valence-corrected chi connectivity index (χ1v) is 15.0. The lowest BCUT2D eigenvalue weighted by molar-refractivity contribution is 0.0220. The summed E-state index contributed by atoms with van der Waals surface area (Å²) in [4.78, 5) is 2.57. The number of nitrogens with zero attached hydrogens (tertiary/aromatic N) is 2. The van der Waals surface area contributed by atoms with E-state index in [1.165, 1.54) is 16.7 Å². The van der Waals surface area contributed by atoms with E-state index < -0.39 is 20.0 Å². The average molecular weight is 470 g/mol. The fourth-order valence-corrected chi connectivity index (χ4v) is 8.00. The standard InChI is InChI=1S/C22H35N3O4S2/c1-3-17-7-8-20-18(14-17)9-12-24-16-19-6-4-11-25(21(19)15-22(20)24)31(28,29)13-5-10-23-30(2,26)27/h7-8,14,19,21-23H,3-6,9-13,15-16H2,1-2H3/t19-,21+,22-/m0/s1. The number of nitrogens with one attached hydrogen (secondary N) is 1. The van der Waals surface area contributed by atoms with Gasteiger partial charge in [-0.3, -0.25) is 4.90 Å². The molecule has 9 heteroatoms. The number of benzene rings is 1. The lowest BCUT2D eigenvalue weighted by Crippen LogP contribution is -2.57. The second kappa shape index (κ2) is 9.09. The van der Waals surface area contributed by atoms with Crippen molar-refractivity contribution in [2.24, 2.45) is 5.92 Å². The predicted molar refractivity (Wildman–Crippen MR) is 123 cm³/mol. The van der Waals surface area contributed by atoms with Crippen LogP contribution in [0.5, 0.6) is 0 Å². The van der Waals surface area contributed by atoms with Gasteiger partial charge in [0.2, 0.25) is 20.0 Å². The molecule has 174 valence electrons. The van der Waals surface area contributed by atoms with E-state index >= 15 is 0 Å². The van der Waals surface area contributed by atoms with Gasteiger partial charge in [-0.2, -0.15) is 4.31 Å². The van der Waals surface area contributed by atoms with Crippen LogP contribution in [0.15, 0.2) is 18.2 Å². The van der Waals surface area contributed by atoms with Gasteiger partial charge in [-0.05, 0) is 61.1 Å². The number of fused-ring (bicyclic) bond motifs is 4. The number of hydrogen-bond acceptors (Lipinski definition) is 5. The van der Waals surface area contributed by atoms with Gasteiger partial charge in [0.1, 0.15) is 0 Å². The van der Waals surface area contributed by atoms with Crippen molar-refractivity contribution in [1.82, 2.24) is 13.9 Å². The summed E-state index contributed by atoms with van der Waals surface area (Å²) in [5.74, 6) is 0.370. The third kappa shape index (κ3) is 5.16. The van der Waals surface area contributed by atoms with E-state index in [0.29, 0.717) is 24.9 Å².